The molecular formula is C85H120O30. The molecule has 0 spiro atoms. The molecule has 25 aliphatic rings. The van der Waals surface area contributed by atoms with Crippen LogP contribution in [0.15, 0.2) is 0 Å². The number of hydrogen-bond donors (Lipinski definition) is 10. The molecule has 10 aliphatic heterocycles. The van der Waals surface area contributed by atoms with Gasteiger partial charge in [0.2, 0.25) is 0 Å². The van der Waals surface area contributed by atoms with Gasteiger partial charge in [0, 0.05) is 61.7 Å². The second-order valence-electron chi connectivity index (χ2n) is 41.2. The molecule has 20 bridgehead atoms. The Morgan fingerprint density at radius 3 is 1.63 bits per heavy atom. The zero-order valence-electron chi connectivity index (χ0n) is 67.5. The molecule has 25 fully saturated rings. The highest BCUT2D eigenvalue weighted by molar-refractivity contribution is 5.82. The van der Waals surface area contributed by atoms with E-state index in [1.807, 2.05) is 41.5 Å². The van der Waals surface area contributed by atoms with Crippen LogP contribution in [0.3, 0.4) is 0 Å². The number of aliphatic hydroxyl groups excluding tert-OH is 7. The maximum Gasteiger partial charge on any atom is 0.312 e. The lowest BCUT2D eigenvalue weighted by molar-refractivity contribution is -0.180. The van der Waals surface area contributed by atoms with Crippen molar-refractivity contribution >= 4 is 59.7 Å². The summed E-state index contributed by atoms with van der Waals surface area (Å²) in [6, 6.07) is 0. The lowest BCUT2D eigenvalue weighted by Gasteiger charge is -2.45. The van der Waals surface area contributed by atoms with E-state index in [0.29, 0.717) is 85.4 Å². The highest BCUT2D eigenvalue weighted by Crippen LogP contribution is 2.65. The third-order valence-electron chi connectivity index (χ3n) is 33.9. The summed E-state index contributed by atoms with van der Waals surface area (Å²) in [6.45, 7) is 18.8. The molecule has 15 aliphatic carbocycles. The molecule has 15 saturated carbocycles. The van der Waals surface area contributed by atoms with E-state index >= 15 is 0 Å². The van der Waals surface area contributed by atoms with Crippen LogP contribution in [0, 0.1) is 129 Å². The molecule has 640 valence electrons. The smallest absolute Gasteiger partial charge is 0.312 e. The summed E-state index contributed by atoms with van der Waals surface area (Å²) in [5.41, 5.74) is -4.45. The molecule has 0 aromatic heterocycles. The van der Waals surface area contributed by atoms with E-state index in [4.69, 9.17) is 47.4 Å². The van der Waals surface area contributed by atoms with Crippen molar-refractivity contribution in [3.63, 3.8) is 0 Å². The van der Waals surface area contributed by atoms with E-state index in [1.54, 1.807) is 20.8 Å². The number of hydrogen-bond acceptors (Lipinski definition) is 30. The molecule has 30 heteroatoms. The van der Waals surface area contributed by atoms with Gasteiger partial charge in [-0.3, -0.25) is 47.9 Å². The lowest BCUT2D eigenvalue weighted by atomic mass is 9.66. The summed E-state index contributed by atoms with van der Waals surface area (Å²) in [7, 11) is 0. The Balaban J connectivity index is 0.0000000961. The number of esters is 10. The molecule has 30 nitrogen and oxygen atoms in total. The van der Waals surface area contributed by atoms with E-state index < -0.39 is 64.1 Å². The van der Waals surface area contributed by atoms with Gasteiger partial charge in [0.05, 0.1) is 107 Å². The van der Waals surface area contributed by atoms with Gasteiger partial charge in [0.1, 0.15) is 70.7 Å². The fourth-order valence-corrected chi connectivity index (χ4v) is 26.2. The number of rotatable bonds is 0. The van der Waals surface area contributed by atoms with Gasteiger partial charge >= 0.3 is 59.7 Å². The summed E-state index contributed by atoms with van der Waals surface area (Å²) in [5, 5.41) is 97.0. The largest absolute Gasteiger partial charge is 0.459 e. The van der Waals surface area contributed by atoms with Gasteiger partial charge in [-0.15, -0.1) is 0 Å². The van der Waals surface area contributed by atoms with E-state index in [1.165, 1.54) is 0 Å². The van der Waals surface area contributed by atoms with Gasteiger partial charge in [-0.05, 0) is 205 Å². The first-order valence-corrected chi connectivity index (χ1v) is 42.8. The van der Waals surface area contributed by atoms with Gasteiger partial charge in [0.25, 0.3) is 0 Å². The van der Waals surface area contributed by atoms with Crippen molar-refractivity contribution in [2.75, 3.05) is 0 Å². The molecule has 42 unspecified atom stereocenters. The molecule has 10 heterocycles. The van der Waals surface area contributed by atoms with E-state index in [-0.39, 0.29) is 191 Å². The van der Waals surface area contributed by atoms with Crippen LogP contribution >= 0.6 is 0 Å². The second-order valence-corrected chi connectivity index (χ2v) is 41.2. The zero-order valence-corrected chi connectivity index (χ0v) is 67.5. The molecule has 0 aromatic rings. The van der Waals surface area contributed by atoms with E-state index in [2.05, 4.69) is 6.92 Å². The Morgan fingerprint density at radius 1 is 0.391 bits per heavy atom. The van der Waals surface area contributed by atoms with Crippen LogP contribution in [-0.2, 0) is 95.3 Å². The fourth-order valence-electron chi connectivity index (χ4n) is 26.2. The van der Waals surface area contributed by atoms with Crippen LogP contribution in [0.4, 0.5) is 0 Å². The minimum absolute atomic E-state index is 0.0141. The summed E-state index contributed by atoms with van der Waals surface area (Å²) in [5.74, 6) is 2.95. The van der Waals surface area contributed by atoms with Crippen molar-refractivity contribution in [3.05, 3.63) is 0 Å². The van der Waals surface area contributed by atoms with E-state index in [9.17, 15) is 99.0 Å². The predicted molar refractivity (Wildman–Crippen MR) is 390 cm³/mol. The molecular weight excluding hydrogens is 1500 g/mol. The van der Waals surface area contributed by atoms with Gasteiger partial charge in [-0.25, -0.2) is 0 Å². The van der Waals surface area contributed by atoms with Crippen LogP contribution in [0.5, 0.6) is 0 Å². The van der Waals surface area contributed by atoms with Crippen molar-refractivity contribution in [1.82, 2.24) is 0 Å². The summed E-state index contributed by atoms with van der Waals surface area (Å²) in [4.78, 5) is 112. The molecule has 42 atom stereocenters. The Kier molecular flexibility index (Phi) is 20.9. The minimum Gasteiger partial charge on any atom is -0.459 e. The lowest BCUT2D eigenvalue weighted by Crippen LogP contribution is -2.56. The maximum atomic E-state index is 11.4. The quantitative estimate of drug-likeness (QED) is 0.122. The summed E-state index contributed by atoms with van der Waals surface area (Å²) in [6.07, 6.45) is 14.5. The monoisotopic (exact) mass is 1620 g/mol. The van der Waals surface area contributed by atoms with Crippen molar-refractivity contribution in [3.8, 4) is 0 Å². The Bertz CT molecular complexity index is 3880. The number of aliphatic hydroxyl groups is 10. The first-order chi connectivity index (χ1) is 53.8. The van der Waals surface area contributed by atoms with Crippen molar-refractivity contribution in [2.24, 2.45) is 129 Å². The average molecular weight is 1620 g/mol. The standard InChI is InChI=1S/C10H16O3.4C9H12O3.C8H10O3.3C8H12O3.C7H10O3/c1-6-4-7-5-9(2,10(6,3)12)13-8(7)11;1-9-2-4-5(3-9)8(11)12-6(4)7(9)10;1-9-3-4-2-5(9)7(6(4)10)12-8(9)11;1-9(11)4-2-5-6(3-4)8(10)12-7(5)9;1-9-6-3-4(7(9)10)2-5(6)8(11)12-9;9-6-3-1-4-5(2-3)8(10)11-7(4)6;1-4-2-5-3-6(7(4)9)11-8(5)10;1-8(10)3-2-5-4-6(8)11-7(5)9;1-8-4-5(7(10)11-8)2-3-6(8)9;8-5-2-1-4-3-6(5)10-7(4)9/h6-7,12H,4-5H2,1-3H3;2*4-7,10H,2-3H2,1H3;4-7,11H,2-3H2,1H3;4-7,10H,2-3H2,1H3;3-7,9H,1-2H2;4-7,9H,2-3H2,1H3;5-6,10H,2-4H2,1H3;5-6,9H,2-4H2,1H3;4-6,8H,1-3H2. The van der Waals surface area contributed by atoms with E-state index in [0.717, 1.165) is 116 Å². The van der Waals surface area contributed by atoms with Crippen LogP contribution in [0.2, 0.25) is 0 Å². The summed E-state index contributed by atoms with van der Waals surface area (Å²) < 4.78 is 51.0. The molecule has 0 amide bonds. The summed E-state index contributed by atoms with van der Waals surface area (Å²) >= 11 is 0. The number of fused-ring (bicyclic) bond motifs is 15. The number of carbonyl (C=O) groups is 10. The molecule has 10 N–H and O–H groups in total. The van der Waals surface area contributed by atoms with Crippen LogP contribution in [-0.4, -0.2) is 230 Å². The Labute approximate surface area is 668 Å². The predicted octanol–water partition coefficient (Wildman–Crippen LogP) is 3.62. The van der Waals surface area contributed by atoms with Crippen molar-refractivity contribution < 1.29 is 146 Å². The first-order valence-electron chi connectivity index (χ1n) is 42.8. The third-order valence-corrected chi connectivity index (χ3v) is 33.9. The minimum atomic E-state index is -0.879. The molecule has 25 rings (SSSR count). The highest BCUT2D eigenvalue weighted by Gasteiger charge is 2.72. The highest BCUT2D eigenvalue weighted by atomic mass is 16.6. The maximum absolute atomic E-state index is 11.4. The zero-order chi connectivity index (χ0) is 82.7. The van der Waals surface area contributed by atoms with Crippen LogP contribution < -0.4 is 0 Å². The number of ether oxygens (including phenoxy) is 10. The van der Waals surface area contributed by atoms with Gasteiger partial charge in [-0.2, -0.15) is 0 Å². The topological polar surface area (TPSA) is 465 Å². The number of carbonyl (C=O) groups excluding carboxylic acids is 10. The van der Waals surface area contributed by atoms with Crippen LogP contribution in [0.25, 0.3) is 0 Å². The second kappa shape index (κ2) is 29.0. The normalized spacial score (nSPS) is 55.3. The van der Waals surface area contributed by atoms with Gasteiger partial charge in [-0.1, -0.05) is 20.8 Å². The fraction of sp³-hybridized carbons (Fsp3) is 0.882. The average Bonchev–Trinajstić information content (AvgIpc) is 1.56. The third kappa shape index (κ3) is 13.7. The SMILES string of the molecule is CC1(O)C2CC3C(=O)OC1C3C2.CC1(O)CCC2CC1OC2=O.CC12CC(CCC1O)C(=O)O2.CC12CC3C(=O)OC(C3C1)C2O.CC12CC3CC1C(OC2=O)C3O.CC12OC(=O)C3CC(CC31)C2O.CC1CC2CC(C)(OC2=O)C1(C)O.CC1CC2CC(OC2=O)C1O.O=C1OC2C(O)C3CC1C2C3.O=C1OC2CC1CCC2O. The van der Waals surface area contributed by atoms with Crippen molar-refractivity contribution in [2.45, 2.75) is 336 Å². The Hall–Kier alpha value is -5.70. The van der Waals surface area contributed by atoms with Gasteiger partial charge in [0.15, 0.2) is 0 Å². The molecule has 10 saturated heterocycles. The molecule has 0 radical (unpaired) electrons. The molecule has 0 aromatic carbocycles. The van der Waals surface area contributed by atoms with Crippen molar-refractivity contribution in [1.29, 1.82) is 0 Å². The Morgan fingerprint density at radius 2 is 1.01 bits per heavy atom. The molecule has 115 heavy (non-hydrogen) atoms. The van der Waals surface area contributed by atoms with Gasteiger partial charge < -0.3 is 98.4 Å². The van der Waals surface area contributed by atoms with Crippen LogP contribution in [0.1, 0.15) is 217 Å². The first kappa shape index (κ1) is 83.0.